The Kier molecular flexibility index (Phi) is 7.38. The molecule has 9 heteroatoms. The van der Waals surface area contributed by atoms with Crippen LogP contribution in [0.2, 0.25) is 15.1 Å². The molecule has 1 aromatic heterocycles. The van der Waals surface area contributed by atoms with E-state index in [4.69, 9.17) is 51.4 Å². The van der Waals surface area contributed by atoms with Gasteiger partial charge in [0, 0.05) is 16.1 Å². The summed E-state index contributed by atoms with van der Waals surface area (Å²) < 4.78 is 6.54. The molecule has 0 atom stereocenters. The Bertz CT molecular complexity index is 1110. The number of carbonyl (C=O) groups is 1. The van der Waals surface area contributed by atoms with Crippen molar-refractivity contribution in [3.05, 3.63) is 79.9 Å². The molecule has 0 unspecified atom stereocenters. The largest absolute Gasteiger partial charge is 0.457 e. The molecule has 2 aromatic carbocycles. The minimum absolute atomic E-state index is 0.120. The third kappa shape index (κ3) is 5.84. The molecule has 3 aromatic rings. The molecule has 0 saturated heterocycles. The molecular formula is C20H12BrCl3N2O2S. The van der Waals surface area contributed by atoms with E-state index in [1.807, 2.05) is 0 Å². The summed E-state index contributed by atoms with van der Waals surface area (Å²) in [6.45, 7) is 0. The first-order chi connectivity index (χ1) is 13.8. The Morgan fingerprint density at radius 2 is 1.86 bits per heavy atom. The van der Waals surface area contributed by atoms with Gasteiger partial charge in [0.1, 0.15) is 11.5 Å². The molecule has 3 rings (SSSR count). The zero-order valence-electron chi connectivity index (χ0n) is 14.5. The number of benzene rings is 2. The molecule has 2 N–H and O–H groups in total. The molecule has 4 nitrogen and oxygen atoms in total. The molecule has 0 saturated carbocycles. The van der Waals surface area contributed by atoms with Gasteiger partial charge in [0.2, 0.25) is 5.91 Å². The molecule has 0 radical (unpaired) electrons. The van der Waals surface area contributed by atoms with Gasteiger partial charge in [-0.15, -0.1) is 0 Å². The fourth-order valence-electron chi connectivity index (χ4n) is 2.34. The van der Waals surface area contributed by atoms with E-state index in [0.717, 1.165) is 4.47 Å². The van der Waals surface area contributed by atoms with Crippen molar-refractivity contribution in [1.29, 1.82) is 0 Å². The maximum absolute atomic E-state index is 12.1. The first-order valence-electron chi connectivity index (χ1n) is 8.13. The number of halogens is 4. The van der Waals surface area contributed by atoms with Crippen molar-refractivity contribution >= 4 is 85.7 Å². The zero-order valence-corrected chi connectivity index (χ0v) is 19.2. The predicted octanol–water partition coefficient (Wildman–Crippen LogP) is 7.20. The highest BCUT2D eigenvalue weighted by molar-refractivity contribution is 9.10. The number of amides is 1. The molecule has 1 heterocycles. The summed E-state index contributed by atoms with van der Waals surface area (Å²) in [5, 5.41) is 6.83. The van der Waals surface area contributed by atoms with Gasteiger partial charge in [0.25, 0.3) is 0 Å². The number of rotatable bonds is 4. The smallest absolute Gasteiger partial charge is 0.250 e. The minimum atomic E-state index is -0.422. The average molecular weight is 531 g/mol. The number of hydrogen-bond acceptors (Lipinski definition) is 3. The van der Waals surface area contributed by atoms with Crippen LogP contribution in [0.4, 0.5) is 5.69 Å². The van der Waals surface area contributed by atoms with Crippen LogP contribution < -0.4 is 10.6 Å². The van der Waals surface area contributed by atoms with Crippen molar-refractivity contribution < 1.29 is 9.21 Å². The van der Waals surface area contributed by atoms with E-state index in [2.05, 4.69) is 26.6 Å². The topological polar surface area (TPSA) is 54.3 Å². The minimum Gasteiger partial charge on any atom is -0.457 e. The van der Waals surface area contributed by atoms with E-state index >= 15 is 0 Å². The summed E-state index contributed by atoms with van der Waals surface area (Å²) in [7, 11) is 0. The number of hydrogen-bond donors (Lipinski definition) is 2. The first kappa shape index (κ1) is 21.9. The average Bonchev–Trinajstić information content (AvgIpc) is 3.13. The van der Waals surface area contributed by atoms with Crippen LogP contribution in [0, 0.1) is 0 Å². The van der Waals surface area contributed by atoms with Crippen molar-refractivity contribution in [2.45, 2.75) is 0 Å². The molecular weight excluding hydrogens is 519 g/mol. The van der Waals surface area contributed by atoms with Crippen LogP contribution in [-0.2, 0) is 4.79 Å². The van der Waals surface area contributed by atoms with Crippen molar-refractivity contribution in [3.63, 3.8) is 0 Å². The second kappa shape index (κ2) is 9.78. The van der Waals surface area contributed by atoms with Crippen LogP contribution in [0.25, 0.3) is 17.4 Å². The van der Waals surface area contributed by atoms with Crippen LogP contribution in [0.3, 0.4) is 0 Å². The summed E-state index contributed by atoms with van der Waals surface area (Å²) in [4.78, 5) is 12.1. The lowest BCUT2D eigenvalue weighted by atomic mass is 10.2. The van der Waals surface area contributed by atoms with Gasteiger partial charge >= 0.3 is 0 Å². The van der Waals surface area contributed by atoms with Gasteiger partial charge in [-0.2, -0.15) is 0 Å². The highest BCUT2D eigenvalue weighted by Crippen LogP contribution is 2.34. The number of nitrogens with one attached hydrogen (secondary N) is 2. The summed E-state index contributed by atoms with van der Waals surface area (Å²) in [6, 6.07) is 14.0. The lowest BCUT2D eigenvalue weighted by molar-refractivity contribution is -0.115. The Hall–Kier alpha value is -1.83. The molecule has 0 aliphatic carbocycles. The van der Waals surface area contributed by atoms with E-state index in [0.29, 0.717) is 37.8 Å². The van der Waals surface area contributed by atoms with Crippen LogP contribution >= 0.6 is 63.0 Å². The van der Waals surface area contributed by atoms with Gasteiger partial charge < -0.3 is 9.73 Å². The number of furan rings is 1. The number of anilines is 1. The molecule has 1 amide bonds. The van der Waals surface area contributed by atoms with Crippen molar-refractivity contribution in [2.24, 2.45) is 0 Å². The van der Waals surface area contributed by atoms with Gasteiger partial charge in [-0.1, -0.05) is 56.8 Å². The molecule has 0 aliphatic rings. The summed E-state index contributed by atoms with van der Waals surface area (Å²) in [6.07, 6.45) is 2.83. The molecule has 0 aliphatic heterocycles. The fourth-order valence-corrected chi connectivity index (χ4v) is 3.66. The number of thiocarbonyl (C=S) groups is 1. The third-order valence-electron chi connectivity index (χ3n) is 3.66. The monoisotopic (exact) mass is 528 g/mol. The van der Waals surface area contributed by atoms with Gasteiger partial charge in [0.15, 0.2) is 5.11 Å². The first-order valence-corrected chi connectivity index (χ1v) is 10.5. The maximum Gasteiger partial charge on any atom is 0.250 e. The van der Waals surface area contributed by atoms with Crippen LogP contribution in [-0.4, -0.2) is 11.0 Å². The molecule has 29 heavy (non-hydrogen) atoms. The van der Waals surface area contributed by atoms with E-state index in [-0.39, 0.29) is 5.11 Å². The SMILES string of the molecule is O=C(/C=C/c1ccc(-c2cccc(Cl)c2Cl)o1)NC(=S)Nc1ccc(Br)cc1Cl. The Morgan fingerprint density at radius 3 is 2.62 bits per heavy atom. The summed E-state index contributed by atoms with van der Waals surface area (Å²) >= 11 is 26.8. The summed E-state index contributed by atoms with van der Waals surface area (Å²) in [5.41, 5.74) is 1.25. The van der Waals surface area contributed by atoms with E-state index < -0.39 is 5.91 Å². The van der Waals surface area contributed by atoms with Gasteiger partial charge in [-0.25, -0.2) is 0 Å². The van der Waals surface area contributed by atoms with Crippen LogP contribution in [0.15, 0.2) is 63.5 Å². The lowest BCUT2D eigenvalue weighted by Crippen LogP contribution is -2.32. The normalized spacial score (nSPS) is 10.9. The predicted molar refractivity (Wildman–Crippen MR) is 127 cm³/mol. The molecule has 0 bridgehead atoms. The molecule has 0 spiro atoms. The highest BCUT2D eigenvalue weighted by atomic mass is 79.9. The van der Waals surface area contributed by atoms with E-state index in [1.165, 1.54) is 12.2 Å². The summed E-state index contributed by atoms with van der Waals surface area (Å²) in [5.74, 6) is 0.593. The second-order valence-electron chi connectivity index (χ2n) is 5.70. The van der Waals surface area contributed by atoms with Crippen molar-refractivity contribution in [2.75, 3.05) is 5.32 Å². The quantitative estimate of drug-likeness (QED) is 0.277. The van der Waals surface area contributed by atoms with Crippen LogP contribution in [0.5, 0.6) is 0 Å². The third-order valence-corrected chi connectivity index (χ3v) is 5.49. The van der Waals surface area contributed by atoms with Gasteiger partial charge in [-0.05, 0) is 60.8 Å². The van der Waals surface area contributed by atoms with Gasteiger partial charge in [0.05, 0.1) is 20.8 Å². The highest BCUT2D eigenvalue weighted by Gasteiger charge is 2.10. The Morgan fingerprint density at radius 1 is 1.07 bits per heavy atom. The number of carbonyl (C=O) groups excluding carboxylic acids is 1. The van der Waals surface area contributed by atoms with Crippen molar-refractivity contribution in [3.8, 4) is 11.3 Å². The second-order valence-corrected chi connectivity index (χ2v) is 8.22. The Balaban J connectivity index is 1.61. The van der Waals surface area contributed by atoms with Crippen LogP contribution in [0.1, 0.15) is 5.76 Å². The van der Waals surface area contributed by atoms with E-state index in [9.17, 15) is 4.79 Å². The van der Waals surface area contributed by atoms with E-state index in [1.54, 1.807) is 48.5 Å². The molecule has 148 valence electrons. The maximum atomic E-state index is 12.1. The fraction of sp³-hybridized carbons (Fsp3) is 0. The van der Waals surface area contributed by atoms with Crippen molar-refractivity contribution in [1.82, 2.24) is 5.32 Å². The Labute approximate surface area is 196 Å². The standard InChI is InChI=1S/C20H12BrCl3N2O2S/c21-11-4-7-16(15(23)10-11)25-20(29)26-18(27)9-6-12-5-8-17(28-12)13-2-1-3-14(22)19(13)24/h1-10H,(H2,25,26,27,29)/b9-6+. The zero-order chi connectivity index (χ0) is 21.0. The van der Waals surface area contributed by atoms with Gasteiger partial charge in [-0.3, -0.25) is 10.1 Å². The molecule has 0 fully saturated rings. The lowest BCUT2D eigenvalue weighted by Gasteiger charge is -2.09.